The minimum absolute atomic E-state index is 0.152. The maximum absolute atomic E-state index is 13.2. The van der Waals surface area contributed by atoms with Gasteiger partial charge in [0.1, 0.15) is 0 Å². The van der Waals surface area contributed by atoms with Crippen molar-refractivity contribution in [1.29, 1.82) is 0 Å². The second kappa shape index (κ2) is 6.69. The molecule has 0 saturated heterocycles. The summed E-state index contributed by atoms with van der Waals surface area (Å²) < 4.78 is 26.1. The molecule has 0 aliphatic carbocycles. The van der Waals surface area contributed by atoms with E-state index >= 15 is 0 Å². The quantitative estimate of drug-likeness (QED) is 0.908. The van der Waals surface area contributed by atoms with Gasteiger partial charge in [-0.15, -0.1) is 0 Å². The van der Waals surface area contributed by atoms with Crippen LogP contribution >= 0.6 is 0 Å². The Balaban J connectivity index is 2.01. The summed E-state index contributed by atoms with van der Waals surface area (Å²) in [5.74, 6) is -1.95. The highest BCUT2D eigenvalue weighted by molar-refractivity contribution is 5.79. The van der Waals surface area contributed by atoms with E-state index in [0.29, 0.717) is 5.56 Å². The molecular formula is C18H19F2NO. The Morgan fingerprint density at radius 1 is 1.05 bits per heavy atom. The maximum Gasteiger partial charge on any atom is 0.224 e. The van der Waals surface area contributed by atoms with Crippen LogP contribution in [0.3, 0.4) is 0 Å². The molecule has 1 atom stereocenters. The third-order valence-electron chi connectivity index (χ3n) is 3.76. The number of aryl methyl sites for hydroxylation is 2. The molecule has 2 nitrogen and oxygen atoms in total. The average molecular weight is 303 g/mol. The van der Waals surface area contributed by atoms with Gasteiger partial charge in [-0.25, -0.2) is 8.78 Å². The molecule has 2 rings (SSSR count). The molecule has 0 heterocycles. The molecule has 116 valence electrons. The van der Waals surface area contributed by atoms with Gasteiger partial charge in [0.25, 0.3) is 0 Å². The van der Waals surface area contributed by atoms with Crippen molar-refractivity contribution in [2.75, 3.05) is 0 Å². The van der Waals surface area contributed by atoms with Crippen molar-refractivity contribution in [3.63, 3.8) is 0 Å². The number of nitrogens with one attached hydrogen (secondary N) is 1. The van der Waals surface area contributed by atoms with E-state index in [-0.39, 0.29) is 18.4 Å². The zero-order chi connectivity index (χ0) is 16.3. The molecule has 2 aromatic carbocycles. The van der Waals surface area contributed by atoms with E-state index in [1.54, 1.807) is 6.92 Å². The van der Waals surface area contributed by atoms with Gasteiger partial charge < -0.3 is 5.32 Å². The van der Waals surface area contributed by atoms with Crippen LogP contribution in [0.5, 0.6) is 0 Å². The fourth-order valence-corrected chi connectivity index (χ4v) is 2.26. The number of carbonyl (C=O) groups excluding carboxylic acids is 1. The fraction of sp³-hybridized carbons (Fsp3) is 0.278. The largest absolute Gasteiger partial charge is 0.349 e. The summed E-state index contributed by atoms with van der Waals surface area (Å²) in [6.07, 6.45) is 0.259. The summed E-state index contributed by atoms with van der Waals surface area (Å²) in [6, 6.07) is 9.15. The first-order valence-corrected chi connectivity index (χ1v) is 7.17. The van der Waals surface area contributed by atoms with Gasteiger partial charge in [-0.3, -0.25) is 4.79 Å². The van der Waals surface area contributed by atoms with Crippen molar-refractivity contribution in [2.24, 2.45) is 0 Å². The average Bonchev–Trinajstić information content (AvgIpc) is 2.45. The number of hydrogen-bond donors (Lipinski definition) is 1. The van der Waals surface area contributed by atoms with Crippen LogP contribution in [-0.4, -0.2) is 5.91 Å². The fourth-order valence-electron chi connectivity index (χ4n) is 2.26. The van der Waals surface area contributed by atoms with Crippen molar-refractivity contribution >= 4 is 5.91 Å². The first kappa shape index (κ1) is 16.1. The van der Waals surface area contributed by atoms with Crippen LogP contribution in [0.4, 0.5) is 8.78 Å². The van der Waals surface area contributed by atoms with E-state index in [2.05, 4.69) is 5.32 Å². The summed E-state index contributed by atoms with van der Waals surface area (Å²) >= 11 is 0. The number of halogens is 2. The molecule has 0 saturated carbocycles. The topological polar surface area (TPSA) is 29.1 Å². The van der Waals surface area contributed by atoms with Gasteiger partial charge in [-0.05, 0) is 55.2 Å². The predicted octanol–water partition coefficient (Wildman–Crippen LogP) is 4.00. The minimum Gasteiger partial charge on any atom is -0.349 e. The molecule has 22 heavy (non-hydrogen) atoms. The third-order valence-corrected chi connectivity index (χ3v) is 3.76. The zero-order valence-corrected chi connectivity index (χ0v) is 12.9. The molecule has 1 amide bonds. The molecule has 0 aromatic heterocycles. The number of amides is 1. The highest BCUT2D eigenvalue weighted by Gasteiger charge is 2.12. The van der Waals surface area contributed by atoms with Gasteiger partial charge in [0, 0.05) is 0 Å². The van der Waals surface area contributed by atoms with Crippen molar-refractivity contribution < 1.29 is 13.6 Å². The first-order valence-electron chi connectivity index (χ1n) is 7.17. The van der Waals surface area contributed by atoms with Crippen molar-refractivity contribution in [2.45, 2.75) is 33.2 Å². The smallest absolute Gasteiger partial charge is 0.224 e. The summed E-state index contributed by atoms with van der Waals surface area (Å²) in [4.78, 5) is 12.1. The van der Waals surface area contributed by atoms with Crippen molar-refractivity contribution in [3.05, 3.63) is 70.3 Å². The van der Waals surface area contributed by atoms with E-state index in [4.69, 9.17) is 0 Å². The van der Waals surface area contributed by atoms with E-state index in [9.17, 15) is 13.6 Å². The molecular weight excluding hydrogens is 284 g/mol. The summed E-state index contributed by atoms with van der Waals surface area (Å²) in [5.41, 5.74) is 3.78. The number of benzene rings is 2. The van der Waals surface area contributed by atoms with E-state index in [0.717, 1.165) is 23.3 Å². The van der Waals surface area contributed by atoms with Gasteiger partial charge in [-0.1, -0.05) is 24.3 Å². The molecule has 1 unspecified atom stereocenters. The molecule has 2 aromatic rings. The lowest BCUT2D eigenvalue weighted by atomic mass is 10.0. The molecule has 1 N–H and O–H groups in total. The van der Waals surface area contributed by atoms with Crippen LogP contribution < -0.4 is 5.32 Å². The molecule has 4 heteroatoms. The summed E-state index contributed by atoms with van der Waals surface area (Å²) in [7, 11) is 0. The van der Waals surface area contributed by atoms with Gasteiger partial charge in [-0.2, -0.15) is 0 Å². The van der Waals surface area contributed by atoms with E-state index in [1.165, 1.54) is 11.6 Å². The lowest BCUT2D eigenvalue weighted by molar-refractivity contribution is -0.121. The standard InChI is InChI=1S/C18H19F2NO/c1-11-4-5-14(8-12(11)2)9-18(22)21-13(3)15-6-7-16(19)17(20)10-15/h4-8,10,13H,9H2,1-3H3,(H,21,22). The van der Waals surface area contributed by atoms with Gasteiger partial charge in [0.05, 0.1) is 12.5 Å². The predicted molar refractivity (Wildman–Crippen MR) is 82.5 cm³/mol. The third kappa shape index (κ3) is 3.91. The van der Waals surface area contributed by atoms with Gasteiger partial charge in [0.2, 0.25) is 5.91 Å². The van der Waals surface area contributed by atoms with Crippen LogP contribution in [0.15, 0.2) is 36.4 Å². The Morgan fingerprint density at radius 3 is 2.41 bits per heavy atom. The first-order chi connectivity index (χ1) is 10.4. The number of rotatable bonds is 4. The van der Waals surface area contributed by atoms with Gasteiger partial charge in [0.15, 0.2) is 11.6 Å². The second-order valence-corrected chi connectivity index (χ2v) is 5.56. The van der Waals surface area contributed by atoms with Crippen molar-refractivity contribution in [3.8, 4) is 0 Å². The summed E-state index contributed by atoms with van der Waals surface area (Å²) in [5, 5.41) is 2.80. The highest BCUT2D eigenvalue weighted by atomic mass is 19.2. The molecule has 0 aliphatic rings. The molecule has 0 bridgehead atoms. The Hall–Kier alpha value is -2.23. The van der Waals surface area contributed by atoms with E-state index < -0.39 is 11.6 Å². The summed E-state index contributed by atoms with van der Waals surface area (Å²) in [6.45, 7) is 5.76. The Labute approximate surface area is 129 Å². The number of carbonyl (C=O) groups is 1. The molecule has 0 radical (unpaired) electrons. The maximum atomic E-state index is 13.2. The van der Waals surface area contributed by atoms with E-state index in [1.807, 2.05) is 32.0 Å². The highest BCUT2D eigenvalue weighted by Crippen LogP contribution is 2.16. The normalized spacial score (nSPS) is 12.0. The molecule has 0 fully saturated rings. The molecule has 0 aliphatic heterocycles. The van der Waals surface area contributed by atoms with Crippen LogP contribution in [0.1, 0.15) is 35.2 Å². The number of hydrogen-bond acceptors (Lipinski definition) is 1. The monoisotopic (exact) mass is 303 g/mol. The minimum atomic E-state index is -0.909. The molecule has 0 spiro atoms. The van der Waals surface area contributed by atoms with Crippen LogP contribution in [0.2, 0.25) is 0 Å². The second-order valence-electron chi connectivity index (χ2n) is 5.56. The SMILES string of the molecule is Cc1ccc(CC(=O)NC(C)c2ccc(F)c(F)c2)cc1C. The van der Waals surface area contributed by atoms with Crippen molar-refractivity contribution in [1.82, 2.24) is 5.32 Å². The lowest BCUT2D eigenvalue weighted by Gasteiger charge is -2.15. The Morgan fingerprint density at radius 2 is 1.77 bits per heavy atom. The lowest BCUT2D eigenvalue weighted by Crippen LogP contribution is -2.28. The zero-order valence-electron chi connectivity index (χ0n) is 12.9. The van der Waals surface area contributed by atoms with Crippen LogP contribution in [-0.2, 0) is 11.2 Å². The Kier molecular flexibility index (Phi) is 4.91. The van der Waals surface area contributed by atoms with Crippen LogP contribution in [0, 0.1) is 25.5 Å². The van der Waals surface area contributed by atoms with Crippen LogP contribution in [0.25, 0.3) is 0 Å². The van der Waals surface area contributed by atoms with Gasteiger partial charge >= 0.3 is 0 Å². The Bertz CT molecular complexity index is 697.